The molecule has 130 valence electrons. The number of aromatic nitrogens is 3. The van der Waals surface area contributed by atoms with Crippen molar-refractivity contribution in [2.45, 2.75) is 0 Å². The number of nitriles is 1. The fourth-order valence-electron chi connectivity index (χ4n) is 2.26. The first-order valence-electron chi connectivity index (χ1n) is 7.67. The number of anilines is 4. The number of ether oxygens (including phenoxy) is 2. The fourth-order valence-corrected chi connectivity index (χ4v) is 2.26. The number of hydrogen-bond donors (Lipinski definition) is 2. The van der Waals surface area contributed by atoms with Crippen molar-refractivity contribution in [3.63, 3.8) is 0 Å². The van der Waals surface area contributed by atoms with Crippen molar-refractivity contribution in [2.75, 3.05) is 24.9 Å². The average molecular weight is 348 g/mol. The Morgan fingerprint density at radius 2 is 1.58 bits per heavy atom. The lowest BCUT2D eigenvalue weighted by molar-refractivity contribution is 0.355. The zero-order valence-electron chi connectivity index (χ0n) is 14.2. The lowest BCUT2D eigenvalue weighted by Crippen LogP contribution is -2.03. The zero-order chi connectivity index (χ0) is 18.4. The third-order valence-electron chi connectivity index (χ3n) is 3.46. The van der Waals surface area contributed by atoms with Crippen LogP contribution in [0.1, 0.15) is 5.56 Å². The molecule has 8 heteroatoms. The van der Waals surface area contributed by atoms with Gasteiger partial charge in [0, 0.05) is 17.4 Å². The fraction of sp³-hybridized carbons (Fsp3) is 0.111. The van der Waals surface area contributed by atoms with Gasteiger partial charge in [0.05, 0.1) is 25.9 Å². The predicted molar refractivity (Wildman–Crippen MR) is 97.1 cm³/mol. The molecule has 0 saturated carbocycles. The van der Waals surface area contributed by atoms with Crippen LogP contribution in [0.15, 0.2) is 48.8 Å². The number of hydrogen-bond acceptors (Lipinski definition) is 8. The van der Waals surface area contributed by atoms with Crippen molar-refractivity contribution in [1.82, 2.24) is 15.0 Å². The van der Waals surface area contributed by atoms with Crippen LogP contribution >= 0.6 is 0 Å². The lowest BCUT2D eigenvalue weighted by Gasteiger charge is -2.11. The van der Waals surface area contributed by atoms with Crippen LogP contribution in [0.2, 0.25) is 0 Å². The standard InChI is InChI=1S/C18H16N6O2/c1-25-15-7-6-14(9-16(15)26-2)23-18-21-11-20-17(24-18)22-13-5-3-4-12(8-13)10-19/h3-9,11H,1-2H3,(H2,20,21,22,23,24). The molecule has 1 aromatic heterocycles. The molecule has 0 aliphatic heterocycles. The van der Waals surface area contributed by atoms with E-state index < -0.39 is 0 Å². The first-order chi connectivity index (χ1) is 12.7. The summed E-state index contributed by atoms with van der Waals surface area (Å²) in [4.78, 5) is 12.5. The monoisotopic (exact) mass is 348 g/mol. The first-order valence-corrected chi connectivity index (χ1v) is 7.67. The Morgan fingerprint density at radius 1 is 0.885 bits per heavy atom. The Balaban J connectivity index is 1.78. The van der Waals surface area contributed by atoms with Gasteiger partial charge in [-0.2, -0.15) is 10.2 Å². The summed E-state index contributed by atoms with van der Waals surface area (Å²) >= 11 is 0. The van der Waals surface area contributed by atoms with Crippen molar-refractivity contribution in [3.8, 4) is 17.6 Å². The van der Waals surface area contributed by atoms with Crippen LogP contribution in [0.25, 0.3) is 0 Å². The molecule has 2 N–H and O–H groups in total. The van der Waals surface area contributed by atoms with Gasteiger partial charge in [0.1, 0.15) is 6.33 Å². The first kappa shape index (κ1) is 17.0. The summed E-state index contributed by atoms with van der Waals surface area (Å²) in [5.41, 5.74) is 2.01. The van der Waals surface area contributed by atoms with Gasteiger partial charge in [-0.3, -0.25) is 0 Å². The van der Waals surface area contributed by atoms with Gasteiger partial charge in [-0.05, 0) is 30.3 Å². The largest absolute Gasteiger partial charge is 0.493 e. The normalized spacial score (nSPS) is 9.88. The van der Waals surface area contributed by atoms with Crippen LogP contribution in [0.3, 0.4) is 0 Å². The smallest absolute Gasteiger partial charge is 0.232 e. The highest BCUT2D eigenvalue weighted by atomic mass is 16.5. The molecule has 0 aliphatic rings. The summed E-state index contributed by atoms with van der Waals surface area (Å²) < 4.78 is 10.5. The molecule has 0 fully saturated rings. The Morgan fingerprint density at radius 3 is 2.23 bits per heavy atom. The molecule has 0 atom stereocenters. The summed E-state index contributed by atoms with van der Waals surface area (Å²) in [6.07, 6.45) is 1.40. The van der Waals surface area contributed by atoms with Crippen molar-refractivity contribution < 1.29 is 9.47 Å². The molecule has 0 saturated heterocycles. The van der Waals surface area contributed by atoms with Gasteiger partial charge in [-0.15, -0.1) is 0 Å². The van der Waals surface area contributed by atoms with E-state index in [4.69, 9.17) is 14.7 Å². The maximum absolute atomic E-state index is 8.97. The number of rotatable bonds is 6. The molecule has 26 heavy (non-hydrogen) atoms. The Bertz CT molecular complexity index is 954. The summed E-state index contributed by atoms with van der Waals surface area (Å²) in [6.45, 7) is 0. The highest BCUT2D eigenvalue weighted by Crippen LogP contribution is 2.30. The van der Waals surface area contributed by atoms with Gasteiger partial charge >= 0.3 is 0 Å². The molecule has 0 unspecified atom stereocenters. The zero-order valence-corrected chi connectivity index (χ0v) is 14.2. The van der Waals surface area contributed by atoms with Gasteiger partial charge < -0.3 is 20.1 Å². The van der Waals surface area contributed by atoms with Crippen molar-refractivity contribution in [1.29, 1.82) is 5.26 Å². The second-order valence-corrected chi connectivity index (χ2v) is 5.15. The topological polar surface area (TPSA) is 105 Å². The van der Waals surface area contributed by atoms with Crippen LogP contribution in [0, 0.1) is 11.3 Å². The quantitative estimate of drug-likeness (QED) is 0.699. The number of nitrogens with one attached hydrogen (secondary N) is 2. The summed E-state index contributed by atoms with van der Waals surface area (Å²) in [5.74, 6) is 1.95. The van der Waals surface area contributed by atoms with Crippen LogP contribution in [0.5, 0.6) is 11.5 Å². The number of benzene rings is 2. The van der Waals surface area contributed by atoms with E-state index in [1.807, 2.05) is 12.1 Å². The maximum atomic E-state index is 8.97. The molecule has 1 heterocycles. The number of nitrogens with zero attached hydrogens (tertiary/aromatic N) is 4. The van der Waals surface area contributed by atoms with Gasteiger partial charge in [-0.1, -0.05) is 6.07 Å². The molecular formula is C18H16N6O2. The van der Waals surface area contributed by atoms with Crippen molar-refractivity contribution >= 4 is 23.3 Å². The average Bonchev–Trinajstić information content (AvgIpc) is 2.68. The lowest BCUT2D eigenvalue weighted by atomic mass is 10.2. The molecule has 3 aromatic rings. The highest BCUT2D eigenvalue weighted by molar-refractivity contribution is 5.61. The highest BCUT2D eigenvalue weighted by Gasteiger charge is 2.07. The molecule has 2 aromatic carbocycles. The van der Waals surface area contributed by atoms with Crippen molar-refractivity contribution in [2.24, 2.45) is 0 Å². The molecule has 0 radical (unpaired) electrons. The molecule has 0 amide bonds. The predicted octanol–water partition coefficient (Wildman–Crippen LogP) is 3.25. The van der Waals surface area contributed by atoms with E-state index in [0.29, 0.717) is 34.6 Å². The Hall–Kier alpha value is -3.86. The third kappa shape index (κ3) is 3.96. The van der Waals surface area contributed by atoms with E-state index in [0.717, 1.165) is 5.69 Å². The van der Waals surface area contributed by atoms with E-state index in [9.17, 15) is 0 Å². The molecule has 8 nitrogen and oxygen atoms in total. The van der Waals surface area contributed by atoms with E-state index in [2.05, 4.69) is 31.7 Å². The molecule has 0 spiro atoms. The summed E-state index contributed by atoms with van der Waals surface area (Å²) in [6, 6.07) is 14.5. The minimum absolute atomic E-state index is 0.359. The maximum Gasteiger partial charge on any atom is 0.232 e. The van der Waals surface area contributed by atoms with Crippen LogP contribution in [0.4, 0.5) is 23.3 Å². The molecule has 3 rings (SSSR count). The second-order valence-electron chi connectivity index (χ2n) is 5.15. The van der Waals surface area contributed by atoms with Gasteiger partial charge in [0.25, 0.3) is 0 Å². The van der Waals surface area contributed by atoms with Gasteiger partial charge in [0.2, 0.25) is 11.9 Å². The van der Waals surface area contributed by atoms with E-state index in [-0.39, 0.29) is 0 Å². The van der Waals surface area contributed by atoms with E-state index in [1.54, 1.807) is 44.6 Å². The summed E-state index contributed by atoms with van der Waals surface area (Å²) in [5, 5.41) is 15.1. The van der Waals surface area contributed by atoms with Crippen molar-refractivity contribution in [3.05, 3.63) is 54.4 Å². The van der Waals surface area contributed by atoms with Crippen LogP contribution in [-0.2, 0) is 0 Å². The second kappa shape index (κ2) is 7.81. The van der Waals surface area contributed by atoms with E-state index >= 15 is 0 Å². The minimum Gasteiger partial charge on any atom is -0.493 e. The summed E-state index contributed by atoms with van der Waals surface area (Å²) in [7, 11) is 3.15. The van der Waals surface area contributed by atoms with E-state index in [1.165, 1.54) is 6.33 Å². The van der Waals surface area contributed by atoms with Gasteiger partial charge in [-0.25, -0.2) is 9.97 Å². The van der Waals surface area contributed by atoms with Crippen LogP contribution < -0.4 is 20.1 Å². The minimum atomic E-state index is 0.359. The van der Waals surface area contributed by atoms with Crippen LogP contribution in [-0.4, -0.2) is 29.2 Å². The SMILES string of the molecule is COc1ccc(Nc2ncnc(Nc3cccc(C#N)c3)n2)cc1OC. The molecular weight excluding hydrogens is 332 g/mol. The molecule has 0 aliphatic carbocycles. The Labute approximate surface area is 150 Å². The molecule has 0 bridgehead atoms. The Kier molecular flexibility index (Phi) is 5.10. The number of methoxy groups -OCH3 is 2. The van der Waals surface area contributed by atoms with Gasteiger partial charge in [0.15, 0.2) is 11.5 Å². The third-order valence-corrected chi connectivity index (χ3v) is 3.46.